The fourth-order valence-electron chi connectivity index (χ4n) is 1.80. The lowest BCUT2D eigenvalue weighted by molar-refractivity contribution is -0.119. The molecule has 0 N–H and O–H groups in total. The normalized spacial score (nSPS) is 17.7. The summed E-state index contributed by atoms with van der Waals surface area (Å²) in [6, 6.07) is 6.08. The van der Waals surface area contributed by atoms with Crippen LogP contribution in [0.5, 0.6) is 0 Å². The number of nitrogens with zero attached hydrogens (tertiary/aromatic N) is 2. The molecule has 1 aromatic rings. The molecule has 18 heavy (non-hydrogen) atoms. The third-order valence-electron chi connectivity index (χ3n) is 2.87. The number of hydrogen-bond donors (Lipinski definition) is 0. The molecule has 0 aliphatic carbocycles. The summed E-state index contributed by atoms with van der Waals surface area (Å²) in [6.07, 6.45) is 0.742. The second kappa shape index (κ2) is 5.26. The lowest BCUT2D eigenvalue weighted by atomic mass is 10.4. The van der Waals surface area contributed by atoms with Crippen molar-refractivity contribution in [3.8, 4) is 0 Å². The van der Waals surface area contributed by atoms with E-state index in [9.17, 15) is 13.2 Å². The maximum atomic E-state index is 12.3. The maximum absolute atomic E-state index is 12.3. The summed E-state index contributed by atoms with van der Waals surface area (Å²) in [5.74, 6) is 0. The summed E-state index contributed by atoms with van der Waals surface area (Å²) in [7, 11) is -3.48. The van der Waals surface area contributed by atoms with Crippen molar-refractivity contribution >= 4 is 28.0 Å². The van der Waals surface area contributed by atoms with E-state index in [4.69, 9.17) is 11.6 Å². The third kappa shape index (κ3) is 2.66. The topological polar surface area (TPSA) is 57.7 Å². The molecule has 0 spiro atoms. The van der Waals surface area contributed by atoms with Crippen molar-refractivity contribution in [2.45, 2.75) is 4.90 Å². The van der Waals surface area contributed by atoms with Crippen LogP contribution in [0.15, 0.2) is 29.2 Å². The van der Waals surface area contributed by atoms with Gasteiger partial charge in [0.2, 0.25) is 16.4 Å². The SMILES string of the molecule is O=CN1CCN(S(=O)(=O)c2ccc(Cl)cc2)CC1. The Hall–Kier alpha value is -1.11. The highest BCUT2D eigenvalue weighted by Gasteiger charge is 2.27. The Morgan fingerprint density at radius 3 is 2.11 bits per heavy atom. The maximum Gasteiger partial charge on any atom is 0.243 e. The first kappa shape index (κ1) is 13.3. The molecular weight excluding hydrogens is 276 g/mol. The number of amides is 1. The van der Waals surface area contributed by atoms with E-state index in [0.717, 1.165) is 6.41 Å². The van der Waals surface area contributed by atoms with Gasteiger partial charge in [-0.3, -0.25) is 4.79 Å². The molecule has 1 fully saturated rings. The number of rotatable bonds is 3. The van der Waals surface area contributed by atoms with Gasteiger partial charge in [-0.1, -0.05) is 11.6 Å². The zero-order chi connectivity index (χ0) is 13.2. The van der Waals surface area contributed by atoms with E-state index in [-0.39, 0.29) is 4.90 Å². The van der Waals surface area contributed by atoms with Gasteiger partial charge in [0, 0.05) is 31.2 Å². The van der Waals surface area contributed by atoms with E-state index in [1.165, 1.54) is 16.4 Å². The van der Waals surface area contributed by atoms with Gasteiger partial charge in [0.1, 0.15) is 0 Å². The van der Waals surface area contributed by atoms with Gasteiger partial charge in [-0.2, -0.15) is 4.31 Å². The molecular formula is C11H13ClN2O3S. The van der Waals surface area contributed by atoms with Crippen LogP contribution in [-0.2, 0) is 14.8 Å². The lowest BCUT2D eigenvalue weighted by Crippen LogP contribution is -2.47. The van der Waals surface area contributed by atoms with Crippen LogP contribution in [0.1, 0.15) is 0 Å². The molecule has 0 atom stereocenters. The number of halogens is 1. The van der Waals surface area contributed by atoms with Crippen LogP contribution in [-0.4, -0.2) is 50.2 Å². The minimum absolute atomic E-state index is 0.228. The molecule has 0 bridgehead atoms. The van der Waals surface area contributed by atoms with Crippen molar-refractivity contribution in [1.29, 1.82) is 0 Å². The number of sulfonamides is 1. The number of piperazine rings is 1. The van der Waals surface area contributed by atoms with Gasteiger partial charge >= 0.3 is 0 Å². The molecule has 7 heteroatoms. The molecule has 1 saturated heterocycles. The minimum Gasteiger partial charge on any atom is -0.343 e. The second-order valence-electron chi connectivity index (χ2n) is 4.00. The number of carbonyl (C=O) groups is 1. The number of hydrogen-bond acceptors (Lipinski definition) is 3. The van der Waals surface area contributed by atoms with Gasteiger partial charge in [-0.15, -0.1) is 0 Å². The summed E-state index contributed by atoms with van der Waals surface area (Å²) in [5.41, 5.74) is 0. The predicted octanol–water partition coefficient (Wildman–Crippen LogP) is 0.803. The van der Waals surface area contributed by atoms with Crippen molar-refractivity contribution in [3.63, 3.8) is 0 Å². The van der Waals surface area contributed by atoms with Crippen molar-refractivity contribution in [2.75, 3.05) is 26.2 Å². The molecule has 0 aromatic heterocycles. The van der Waals surface area contributed by atoms with Crippen LogP contribution in [0.25, 0.3) is 0 Å². The van der Waals surface area contributed by atoms with Crippen LogP contribution in [0, 0.1) is 0 Å². The van der Waals surface area contributed by atoms with Crippen molar-refractivity contribution < 1.29 is 13.2 Å². The van der Waals surface area contributed by atoms with Crippen LogP contribution in [0.4, 0.5) is 0 Å². The Morgan fingerprint density at radius 1 is 1.06 bits per heavy atom. The Bertz CT molecular complexity index is 522. The Morgan fingerprint density at radius 2 is 1.61 bits per heavy atom. The first-order valence-corrected chi connectivity index (χ1v) is 7.31. The molecule has 98 valence electrons. The summed E-state index contributed by atoms with van der Waals surface area (Å²) in [5, 5.41) is 0.500. The van der Waals surface area contributed by atoms with Gasteiger partial charge in [0.25, 0.3) is 0 Å². The fraction of sp³-hybridized carbons (Fsp3) is 0.364. The molecule has 1 aliphatic rings. The molecule has 0 saturated carbocycles. The zero-order valence-corrected chi connectivity index (χ0v) is 11.2. The highest BCUT2D eigenvalue weighted by atomic mass is 35.5. The smallest absolute Gasteiger partial charge is 0.243 e. The standard InChI is InChI=1S/C11H13ClN2O3S/c12-10-1-3-11(4-2-10)18(16,17)14-7-5-13(9-15)6-8-14/h1-4,9H,5-8H2. The number of benzene rings is 1. The molecule has 0 unspecified atom stereocenters. The largest absolute Gasteiger partial charge is 0.343 e. The van der Waals surface area contributed by atoms with Gasteiger partial charge in [0.05, 0.1) is 4.90 Å². The zero-order valence-electron chi connectivity index (χ0n) is 9.62. The van der Waals surface area contributed by atoms with E-state index >= 15 is 0 Å². The van der Waals surface area contributed by atoms with Crippen molar-refractivity contribution in [3.05, 3.63) is 29.3 Å². The van der Waals surface area contributed by atoms with E-state index < -0.39 is 10.0 Å². The Balaban J connectivity index is 2.17. The molecule has 1 heterocycles. The van der Waals surface area contributed by atoms with Gasteiger partial charge in [-0.05, 0) is 24.3 Å². The molecule has 0 radical (unpaired) electrons. The van der Waals surface area contributed by atoms with E-state index in [2.05, 4.69) is 0 Å². The lowest BCUT2D eigenvalue weighted by Gasteiger charge is -2.31. The van der Waals surface area contributed by atoms with Crippen LogP contribution >= 0.6 is 11.6 Å². The monoisotopic (exact) mass is 288 g/mol. The summed E-state index contributed by atoms with van der Waals surface area (Å²) >= 11 is 5.73. The van der Waals surface area contributed by atoms with E-state index in [1.807, 2.05) is 0 Å². The summed E-state index contributed by atoms with van der Waals surface area (Å²) in [6.45, 7) is 1.50. The van der Waals surface area contributed by atoms with E-state index in [1.54, 1.807) is 17.0 Å². The summed E-state index contributed by atoms with van der Waals surface area (Å²) < 4.78 is 25.9. The average molecular weight is 289 g/mol. The fourth-order valence-corrected chi connectivity index (χ4v) is 3.35. The van der Waals surface area contributed by atoms with Crippen molar-refractivity contribution in [1.82, 2.24) is 9.21 Å². The Kier molecular flexibility index (Phi) is 3.89. The quantitative estimate of drug-likeness (QED) is 0.773. The van der Waals surface area contributed by atoms with Crippen LogP contribution in [0.2, 0.25) is 5.02 Å². The van der Waals surface area contributed by atoms with Gasteiger partial charge in [-0.25, -0.2) is 8.42 Å². The molecule has 5 nitrogen and oxygen atoms in total. The summed E-state index contributed by atoms with van der Waals surface area (Å²) in [4.78, 5) is 12.4. The third-order valence-corrected chi connectivity index (χ3v) is 5.04. The molecule has 2 rings (SSSR count). The Labute approximate surface area is 111 Å². The predicted molar refractivity (Wildman–Crippen MR) is 67.8 cm³/mol. The van der Waals surface area contributed by atoms with E-state index in [0.29, 0.717) is 31.2 Å². The van der Waals surface area contributed by atoms with Gasteiger partial charge < -0.3 is 4.90 Å². The second-order valence-corrected chi connectivity index (χ2v) is 6.37. The first-order chi connectivity index (χ1) is 8.54. The van der Waals surface area contributed by atoms with Gasteiger partial charge in [0.15, 0.2) is 0 Å². The molecule has 1 aliphatic heterocycles. The molecule has 1 amide bonds. The highest BCUT2D eigenvalue weighted by Crippen LogP contribution is 2.19. The van der Waals surface area contributed by atoms with Crippen molar-refractivity contribution in [2.24, 2.45) is 0 Å². The first-order valence-electron chi connectivity index (χ1n) is 5.49. The van der Waals surface area contributed by atoms with Crippen LogP contribution in [0.3, 0.4) is 0 Å². The average Bonchev–Trinajstić information content (AvgIpc) is 2.39. The minimum atomic E-state index is -3.48. The highest BCUT2D eigenvalue weighted by molar-refractivity contribution is 7.89. The van der Waals surface area contributed by atoms with Crippen LogP contribution < -0.4 is 0 Å². The molecule has 1 aromatic carbocycles. The number of carbonyl (C=O) groups excluding carboxylic acids is 1.